The van der Waals surface area contributed by atoms with Gasteiger partial charge in [-0.3, -0.25) is 0 Å². The van der Waals surface area contributed by atoms with E-state index < -0.39 is 29.4 Å². The van der Waals surface area contributed by atoms with Crippen LogP contribution in [0.15, 0.2) is 12.1 Å². The van der Waals surface area contributed by atoms with E-state index in [-0.39, 0.29) is 17.9 Å². The van der Waals surface area contributed by atoms with Gasteiger partial charge in [-0.25, -0.2) is 13.6 Å². The topological polar surface area (TPSA) is 50.8 Å². The molecule has 2 rings (SSSR count). The van der Waals surface area contributed by atoms with Crippen LogP contribution in [0.4, 0.5) is 13.6 Å². The van der Waals surface area contributed by atoms with Crippen molar-refractivity contribution in [3.8, 4) is 5.75 Å². The third-order valence-electron chi connectivity index (χ3n) is 3.46. The first kappa shape index (κ1) is 17.5. The first-order valence-corrected chi connectivity index (χ1v) is 7.45. The van der Waals surface area contributed by atoms with Crippen LogP contribution in [-0.4, -0.2) is 43.3 Å². The Morgan fingerprint density at radius 1 is 1.30 bits per heavy atom. The van der Waals surface area contributed by atoms with Gasteiger partial charge in [-0.05, 0) is 20.8 Å². The predicted octanol–water partition coefficient (Wildman–Crippen LogP) is 2.85. The molecule has 1 amide bonds. The molecule has 1 saturated heterocycles. The molecule has 5 nitrogen and oxygen atoms in total. The van der Waals surface area contributed by atoms with Gasteiger partial charge in [0.1, 0.15) is 23.0 Å². The second kappa shape index (κ2) is 6.70. The summed E-state index contributed by atoms with van der Waals surface area (Å²) in [6, 6.07) is 1.63. The van der Waals surface area contributed by atoms with Gasteiger partial charge in [0.05, 0.1) is 13.2 Å². The van der Waals surface area contributed by atoms with Crippen molar-refractivity contribution in [2.24, 2.45) is 0 Å². The monoisotopic (exact) mass is 328 g/mol. The van der Waals surface area contributed by atoms with Gasteiger partial charge in [-0.1, -0.05) is 0 Å². The number of nitrogens with one attached hydrogen (secondary N) is 1. The summed E-state index contributed by atoms with van der Waals surface area (Å²) in [5.74, 6) is -1.29. The highest BCUT2D eigenvalue weighted by molar-refractivity contribution is 5.68. The van der Waals surface area contributed by atoms with Crippen molar-refractivity contribution < 1.29 is 23.0 Å². The number of benzene rings is 1. The molecule has 0 radical (unpaired) electrons. The molecule has 1 atom stereocenters. The maximum absolute atomic E-state index is 14.2. The molecule has 1 aliphatic heterocycles. The molecule has 1 aromatic rings. The predicted molar refractivity (Wildman–Crippen MR) is 81.5 cm³/mol. The fourth-order valence-corrected chi connectivity index (χ4v) is 2.45. The Bertz CT molecular complexity index is 564. The number of halogens is 2. The average Bonchev–Trinajstić information content (AvgIpc) is 2.45. The fraction of sp³-hybridized carbons (Fsp3) is 0.562. The molecular formula is C16H22F2N2O3. The van der Waals surface area contributed by atoms with E-state index in [4.69, 9.17) is 9.47 Å². The Morgan fingerprint density at radius 3 is 2.43 bits per heavy atom. The number of ether oxygens (including phenoxy) is 2. The highest BCUT2D eigenvalue weighted by atomic mass is 19.1. The number of piperazine rings is 1. The summed E-state index contributed by atoms with van der Waals surface area (Å²) in [5.41, 5.74) is -0.715. The second-order valence-corrected chi connectivity index (χ2v) is 6.44. The molecule has 128 valence electrons. The lowest BCUT2D eigenvalue weighted by atomic mass is 10.0. The number of amides is 1. The van der Waals surface area contributed by atoms with E-state index in [1.807, 2.05) is 0 Å². The summed E-state index contributed by atoms with van der Waals surface area (Å²) in [6.45, 7) is 6.29. The van der Waals surface area contributed by atoms with E-state index in [9.17, 15) is 13.6 Å². The Kier molecular flexibility index (Phi) is 5.09. The SMILES string of the molecule is COc1cc(F)c(C2CN(C(=O)OC(C)(C)C)CCN2)c(F)c1. The Balaban J connectivity index is 2.17. The van der Waals surface area contributed by atoms with Gasteiger partial charge in [-0.2, -0.15) is 0 Å². The van der Waals surface area contributed by atoms with Crippen LogP contribution in [0.2, 0.25) is 0 Å². The first-order chi connectivity index (χ1) is 10.7. The quantitative estimate of drug-likeness (QED) is 0.907. The van der Waals surface area contributed by atoms with Crippen molar-refractivity contribution in [1.29, 1.82) is 0 Å². The first-order valence-electron chi connectivity index (χ1n) is 7.45. The van der Waals surface area contributed by atoms with Gasteiger partial charge in [0.15, 0.2) is 0 Å². The standard InChI is InChI=1S/C16H22F2N2O3/c1-16(2,3)23-15(21)20-6-5-19-13(9-20)14-11(17)7-10(22-4)8-12(14)18/h7-8,13,19H,5-6,9H2,1-4H3. The lowest BCUT2D eigenvalue weighted by Crippen LogP contribution is -2.50. The summed E-state index contributed by atoms with van der Waals surface area (Å²) < 4.78 is 38.5. The van der Waals surface area contributed by atoms with Crippen LogP contribution in [0, 0.1) is 11.6 Å². The van der Waals surface area contributed by atoms with Crippen LogP contribution in [0.25, 0.3) is 0 Å². The van der Waals surface area contributed by atoms with Crippen molar-refractivity contribution in [1.82, 2.24) is 10.2 Å². The Morgan fingerprint density at radius 2 is 1.91 bits per heavy atom. The number of hydrogen-bond donors (Lipinski definition) is 1. The zero-order valence-electron chi connectivity index (χ0n) is 13.8. The van der Waals surface area contributed by atoms with Crippen LogP contribution >= 0.6 is 0 Å². The van der Waals surface area contributed by atoms with Crippen LogP contribution < -0.4 is 10.1 Å². The van der Waals surface area contributed by atoms with Crippen molar-refractivity contribution in [3.05, 3.63) is 29.3 Å². The normalized spacial score (nSPS) is 18.7. The lowest BCUT2D eigenvalue weighted by molar-refractivity contribution is 0.0192. The maximum Gasteiger partial charge on any atom is 0.410 e. The van der Waals surface area contributed by atoms with Crippen molar-refractivity contribution in [3.63, 3.8) is 0 Å². The summed E-state index contributed by atoms with van der Waals surface area (Å²) in [7, 11) is 1.34. The second-order valence-electron chi connectivity index (χ2n) is 6.44. The molecule has 1 N–H and O–H groups in total. The van der Waals surface area contributed by atoms with Crippen LogP contribution in [0.1, 0.15) is 32.4 Å². The maximum atomic E-state index is 14.2. The molecule has 0 aromatic heterocycles. The van der Waals surface area contributed by atoms with Gasteiger partial charge in [-0.15, -0.1) is 0 Å². The zero-order valence-corrected chi connectivity index (χ0v) is 13.8. The van der Waals surface area contributed by atoms with Crippen molar-refractivity contribution >= 4 is 6.09 Å². The minimum absolute atomic E-state index is 0.0981. The molecule has 23 heavy (non-hydrogen) atoms. The van der Waals surface area contributed by atoms with E-state index in [1.54, 1.807) is 20.8 Å². The Hall–Kier alpha value is -1.89. The van der Waals surface area contributed by atoms with Gasteiger partial charge in [0, 0.05) is 37.3 Å². The third-order valence-corrected chi connectivity index (χ3v) is 3.46. The summed E-state index contributed by atoms with van der Waals surface area (Å²) >= 11 is 0. The zero-order chi connectivity index (χ0) is 17.2. The molecule has 1 unspecified atom stereocenters. The van der Waals surface area contributed by atoms with E-state index in [2.05, 4.69) is 5.32 Å². The smallest absolute Gasteiger partial charge is 0.410 e. The van der Waals surface area contributed by atoms with E-state index >= 15 is 0 Å². The van der Waals surface area contributed by atoms with Gasteiger partial charge in [0.2, 0.25) is 0 Å². The van der Waals surface area contributed by atoms with E-state index in [1.165, 1.54) is 12.0 Å². The number of rotatable bonds is 2. The van der Waals surface area contributed by atoms with E-state index in [0.29, 0.717) is 13.1 Å². The highest BCUT2D eigenvalue weighted by Gasteiger charge is 2.31. The fourth-order valence-electron chi connectivity index (χ4n) is 2.45. The van der Waals surface area contributed by atoms with Gasteiger partial charge in [0.25, 0.3) is 0 Å². The number of nitrogens with zero attached hydrogens (tertiary/aromatic N) is 1. The third kappa shape index (κ3) is 4.31. The molecule has 1 aliphatic rings. The highest BCUT2D eigenvalue weighted by Crippen LogP contribution is 2.28. The largest absolute Gasteiger partial charge is 0.497 e. The Labute approximate surface area is 134 Å². The summed E-state index contributed by atoms with van der Waals surface area (Å²) in [6.07, 6.45) is -0.488. The van der Waals surface area contributed by atoms with Crippen LogP contribution in [0.3, 0.4) is 0 Å². The number of hydrogen-bond acceptors (Lipinski definition) is 4. The molecule has 0 aliphatic carbocycles. The number of carbonyl (C=O) groups is 1. The molecule has 0 spiro atoms. The number of carbonyl (C=O) groups excluding carboxylic acids is 1. The molecule has 1 fully saturated rings. The molecular weight excluding hydrogens is 306 g/mol. The number of methoxy groups -OCH3 is 1. The lowest BCUT2D eigenvalue weighted by Gasteiger charge is -2.35. The van der Waals surface area contributed by atoms with Gasteiger partial charge >= 0.3 is 6.09 Å². The van der Waals surface area contributed by atoms with E-state index in [0.717, 1.165) is 12.1 Å². The molecule has 0 saturated carbocycles. The van der Waals surface area contributed by atoms with Gasteiger partial charge < -0.3 is 19.7 Å². The van der Waals surface area contributed by atoms with Crippen molar-refractivity contribution in [2.45, 2.75) is 32.4 Å². The average molecular weight is 328 g/mol. The molecule has 1 heterocycles. The minimum atomic E-state index is -0.703. The van der Waals surface area contributed by atoms with Crippen molar-refractivity contribution in [2.75, 3.05) is 26.7 Å². The van der Waals surface area contributed by atoms with Crippen LogP contribution in [-0.2, 0) is 4.74 Å². The molecule has 0 bridgehead atoms. The summed E-state index contributed by atoms with van der Waals surface area (Å²) in [5, 5.41) is 3.03. The minimum Gasteiger partial charge on any atom is -0.497 e. The molecule has 1 aromatic carbocycles. The van der Waals surface area contributed by atoms with Crippen LogP contribution in [0.5, 0.6) is 5.75 Å². The molecule has 7 heteroatoms. The summed E-state index contributed by atoms with van der Waals surface area (Å²) in [4.78, 5) is 13.6.